The molecule has 0 aliphatic carbocycles. The monoisotopic (exact) mass is 275 g/mol. The summed E-state index contributed by atoms with van der Waals surface area (Å²) < 4.78 is 38.8. The van der Waals surface area contributed by atoms with Crippen LogP contribution in [0.1, 0.15) is 0 Å². The van der Waals surface area contributed by atoms with Crippen molar-refractivity contribution in [3.63, 3.8) is 0 Å². The van der Waals surface area contributed by atoms with E-state index in [1.165, 1.54) is 0 Å². The van der Waals surface area contributed by atoms with Crippen LogP contribution in [-0.4, -0.2) is 44.5 Å². The van der Waals surface area contributed by atoms with Crippen LogP contribution in [0.25, 0.3) is 0 Å². The molecule has 2 N–H and O–H groups in total. The maximum atomic E-state index is 13.3. The summed E-state index contributed by atoms with van der Waals surface area (Å²) >= 11 is 0. The Morgan fingerprint density at radius 3 is 2.53 bits per heavy atom. The summed E-state index contributed by atoms with van der Waals surface area (Å²) in [6.07, 6.45) is 0. The minimum absolute atomic E-state index is 0.213. The van der Waals surface area contributed by atoms with Gasteiger partial charge in [0.1, 0.15) is 0 Å². The topological polar surface area (TPSA) is 44.4 Å². The molecule has 0 atom stereocenters. The van der Waals surface area contributed by atoms with Crippen molar-refractivity contribution in [2.24, 2.45) is 0 Å². The second-order valence-corrected chi connectivity index (χ2v) is 4.23. The smallest absolute Gasteiger partial charge is 0.239 e. The van der Waals surface area contributed by atoms with Crippen molar-refractivity contribution in [3.05, 3.63) is 29.6 Å². The highest BCUT2D eigenvalue weighted by atomic mass is 19.2. The number of benzene rings is 1. The van der Waals surface area contributed by atoms with Gasteiger partial charge in [0.15, 0.2) is 17.5 Å². The molecule has 0 aliphatic heterocycles. The second-order valence-electron chi connectivity index (χ2n) is 4.23. The predicted molar refractivity (Wildman–Crippen MR) is 66.4 cm³/mol. The highest BCUT2D eigenvalue weighted by Gasteiger charge is 2.13. The highest BCUT2D eigenvalue weighted by molar-refractivity contribution is 5.80. The van der Waals surface area contributed by atoms with Gasteiger partial charge in [0.2, 0.25) is 5.91 Å². The van der Waals surface area contributed by atoms with Crippen molar-refractivity contribution in [3.8, 4) is 0 Å². The molecule has 1 rings (SSSR count). The Kier molecular flexibility index (Phi) is 5.62. The van der Waals surface area contributed by atoms with Crippen molar-refractivity contribution >= 4 is 11.6 Å². The van der Waals surface area contributed by atoms with Crippen LogP contribution in [0.2, 0.25) is 0 Å². The molecule has 106 valence electrons. The van der Waals surface area contributed by atoms with Crippen molar-refractivity contribution < 1.29 is 18.0 Å². The molecule has 0 saturated carbocycles. The number of nitrogens with zero attached hydrogens (tertiary/aromatic N) is 1. The summed E-state index contributed by atoms with van der Waals surface area (Å²) in [6, 6.07) is 1.84. The summed E-state index contributed by atoms with van der Waals surface area (Å²) in [4.78, 5) is 13.3. The van der Waals surface area contributed by atoms with E-state index in [1.807, 2.05) is 19.0 Å². The van der Waals surface area contributed by atoms with E-state index >= 15 is 0 Å². The Morgan fingerprint density at radius 1 is 1.21 bits per heavy atom. The molecule has 0 aromatic heterocycles. The first kappa shape index (κ1) is 15.3. The first-order chi connectivity index (χ1) is 8.91. The number of hydrogen-bond acceptors (Lipinski definition) is 3. The molecule has 0 radical (unpaired) electrons. The minimum Gasteiger partial charge on any atom is -0.374 e. The number of carbonyl (C=O) groups is 1. The quantitative estimate of drug-likeness (QED) is 0.767. The average Bonchev–Trinajstić information content (AvgIpc) is 2.35. The normalized spacial score (nSPS) is 10.6. The van der Waals surface area contributed by atoms with Crippen LogP contribution in [0.3, 0.4) is 0 Å². The van der Waals surface area contributed by atoms with E-state index in [0.717, 1.165) is 12.1 Å². The summed E-state index contributed by atoms with van der Waals surface area (Å²) in [7, 11) is 3.72. The fraction of sp³-hybridized carbons (Fsp3) is 0.417. The van der Waals surface area contributed by atoms with Crippen molar-refractivity contribution in [1.82, 2.24) is 10.2 Å². The molecule has 19 heavy (non-hydrogen) atoms. The van der Waals surface area contributed by atoms with Crippen LogP contribution >= 0.6 is 0 Å². The van der Waals surface area contributed by atoms with E-state index in [-0.39, 0.29) is 18.1 Å². The highest BCUT2D eigenvalue weighted by Crippen LogP contribution is 2.19. The summed E-state index contributed by atoms with van der Waals surface area (Å²) in [6.45, 7) is 0.911. The van der Waals surface area contributed by atoms with Gasteiger partial charge in [-0.2, -0.15) is 0 Å². The van der Waals surface area contributed by atoms with Crippen LogP contribution in [0.15, 0.2) is 12.1 Å². The van der Waals surface area contributed by atoms with Crippen molar-refractivity contribution in [2.45, 2.75) is 0 Å². The molecule has 0 aliphatic rings. The van der Waals surface area contributed by atoms with Crippen molar-refractivity contribution in [1.29, 1.82) is 0 Å². The van der Waals surface area contributed by atoms with E-state index in [2.05, 4.69) is 10.6 Å². The fourth-order valence-electron chi connectivity index (χ4n) is 1.32. The SMILES string of the molecule is CN(C)CCNC(=O)CNc1ccc(F)c(F)c1F. The van der Waals surface area contributed by atoms with Gasteiger partial charge in [-0.3, -0.25) is 4.79 Å². The largest absolute Gasteiger partial charge is 0.374 e. The van der Waals surface area contributed by atoms with Gasteiger partial charge in [0.05, 0.1) is 12.2 Å². The molecule has 1 aromatic rings. The lowest BCUT2D eigenvalue weighted by Gasteiger charge is -2.11. The van der Waals surface area contributed by atoms with Crippen LogP contribution in [0, 0.1) is 17.5 Å². The van der Waals surface area contributed by atoms with Gasteiger partial charge in [-0.05, 0) is 26.2 Å². The molecule has 0 heterocycles. The summed E-state index contributed by atoms with van der Waals surface area (Å²) in [5, 5.41) is 5.01. The maximum absolute atomic E-state index is 13.3. The van der Waals surface area contributed by atoms with Gasteiger partial charge < -0.3 is 15.5 Å². The zero-order valence-corrected chi connectivity index (χ0v) is 10.8. The number of halogens is 3. The lowest BCUT2D eigenvalue weighted by Crippen LogP contribution is -2.35. The van der Waals surface area contributed by atoms with Gasteiger partial charge in [-0.1, -0.05) is 0 Å². The molecule has 4 nitrogen and oxygen atoms in total. The van der Waals surface area contributed by atoms with Crippen LogP contribution < -0.4 is 10.6 Å². The van der Waals surface area contributed by atoms with Crippen LogP contribution in [0.4, 0.5) is 18.9 Å². The maximum Gasteiger partial charge on any atom is 0.239 e. The second kappa shape index (κ2) is 6.98. The number of likely N-dealkylation sites (N-methyl/N-ethyl adjacent to an activating group) is 1. The number of amides is 1. The molecule has 0 saturated heterocycles. The number of rotatable bonds is 6. The third kappa shape index (κ3) is 4.78. The standard InChI is InChI=1S/C12H16F3N3O/c1-18(2)6-5-16-10(19)7-17-9-4-3-8(13)11(14)12(9)15/h3-4,17H,5-7H2,1-2H3,(H,16,19). The molecule has 0 unspecified atom stereocenters. The van der Waals surface area contributed by atoms with Crippen LogP contribution in [-0.2, 0) is 4.79 Å². The molecular weight excluding hydrogens is 259 g/mol. The number of nitrogens with one attached hydrogen (secondary N) is 2. The predicted octanol–water partition coefficient (Wildman–Crippen LogP) is 1.19. The summed E-state index contributed by atoms with van der Waals surface area (Å²) in [5.41, 5.74) is -0.248. The molecule has 0 bridgehead atoms. The lowest BCUT2D eigenvalue weighted by molar-refractivity contribution is -0.119. The van der Waals surface area contributed by atoms with Gasteiger partial charge in [-0.25, -0.2) is 13.2 Å². The van der Waals surface area contributed by atoms with E-state index in [1.54, 1.807) is 0 Å². The molecule has 7 heteroatoms. The number of carbonyl (C=O) groups excluding carboxylic acids is 1. The Labute approximate surface area is 109 Å². The minimum atomic E-state index is -1.56. The fourth-order valence-corrected chi connectivity index (χ4v) is 1.32. The van der Waals surface area contributed by atoms with E-state index in [0.29, 0.717) is 13.1 Å². The Balaban J connectivity index is 2.44. The van der Waals surface area contributed by atoms with Gasteiger partial charge in [0.25, 0.3) is 0 Å². The third-order valence-corrected chi connectivity index (χ3v) is 2.36. The summed E-state index contributed by atoms with van der Waals surface area (Å²) in [5.74, 6) is -4.51. The lowest BCUT2D eigenvalue weighted by atomic mass is 10.3. The van der Waals surface area contributed by atoms with Gasteiger partial charge in [-0.15, -0.1) is 0 Å². The molecule has 0 fully saturated rings. The zero-order valence-electron chi connectivity index (χ0n) is 10.8. The average molecular weight is 275 g/mol. The van der Waals surface area contributed by atoms with Crippen LogP contribution in [0.5, 0.6) is 0 Å². The Bertz CT molecular complexity index is 452. The number of anilines is 1. The zero-order chi connectivity index (χ0) is 14.4. The Hall–Kier alpha value is -1.76. The molecule has 1 amide bonds. The molecule has 0 spiro atoms. The first-order valence-electron chi connectivity index (χ1n) is 5.70. The van der Waals surface area contributed by atoms with E-state index in [9.17, 15) is 18.0 Å². The number of hydrogen-bond donors (Lipinski definition) is 2. The van der Waals surface area contributed by atoms with E-state index in [4.69, 9.17) is 0 Å². The van der Waals surface area contributed by atoms with Crippen molar-refractivity contribution in [2.75, 3.05) is 39.0 Å². The van der Waals surface area contributed by atoms with Gasteiger partial charge >= 0.3 is 0 Å². The van der Waals surface area contributed by atoms with Gasteiger partial charge in [0, 0.05) is 13.1 Å². The Morgan fingerprint density at radius 2 is 1.89 bits per heavy atom. The molecule has 1 aromatic carbocycles. The van der Waals surface area contributed by atoms with E-state index < -0.39 is 17.5 Å². The molecular formula is C12H16F3N3O. The first-order valence-corrected chi connectivity index (χ1v) is 5.70. The third-order valence-electron chi connectivity index (χ3n) is 2.36.